The SMILES string of the molecule is CCNC1CCCC1S(=O)c1ccccc1Br. The Kier molecular flexibility index (Phi) is 4.77. The van der Waals surface area contributed by atoms with Crippen LogP contribution in [-0.2, 0) is 10.8 Å². The number of hydrogen-bond donors (Lipinski definition) is 1. The third-order valence-electron chi connectivity index (χ3n) is 3.25. The third kappa shape index (κ3) is 2.98. The lowest BCUT2D eigenvalue weighted by molar-refractivity contribution is 0.541. The number of hydrogen-bond acceptors (Lipinski definition) is 2. The molecule has 0 bridgehead atoms. The molecule has 17 heavy (non-hydrogen) atoms. The summed E-state index contributed by atoms with van der Waals surface area (Å²) in [6.45, 7) is 3.06. The van der Waals surface area contributed by atoms with Gasteiger partial charge in [-0.3, -0.25) is 4.21 Å². The van der Waals surface area contributed by atoms with Crippen molar-refractivity contribution in [2.75, 3.05) is 6.54 Å². The Labute approximate surface area is 114 Å². The van der Waals surface area contributed by atoms with Crippen LogP contribution in [0.1, 0.15) is 26.2 Å². The molecule has 0 aliphatic heterocycles. The molecule has 0 heterocycles. The van der Waals surface area contributed by atoms with Crippen molar-refractivity contribution in [3.05, 3.63) is 28.7 Å². The second kappa shape index (κ2) is 6.12. The van der Waals surface area contributed by atoms with Crippen LogP contribution in [0.25, 0.3) is 0 Å². The Bertz CT molecular complexity index is 410. The van der Waals surface area contributed by atoms with Gasteiger partial charge in [0, 0.05) is 10.5 Å². The van der Waals surface area contributed by atoms with Gasteiger partial charge in [-0.05, 0) is 47.4 Å². The first-order chi connectivity index (χ1) is 8.24. The molecule has 1 aromatic carbocycles. The average molecular weight is 316 g/mol. The molecular weight excluding hydrogens is 298 g/mol. The lowest BCUT2D eigenvalue weighted by Gasteiger charge is -2.20. The van der Waals surface area contributed by atoms with Gasteiger partial charge in [-0.2, -0.15) is 0 Å². The second-order valence-corrected chi connectivity index (χ2v) is 6.86. The number of nitrogens with one attached hydrogen (secondary N) is 1. The highest BCUT2D eigenvalue weighted by atomic mass is 79.9. The maximum absolute atomic E-state index is 12.6. The van der Waals surface area contributed by atoms with E-state index in [1.54, 1.807) is 0 Å². The molecule has 94 valence electrons. The van der Waals surface area contributed by atoms with Gasteiger partial charge >= 0.3 is 0 Å². The van der Waals surface area contributed by atoms with Gasteiger partial charge in [0.1, 0.15) is 0 Å². The Morgan fingerprint density at radius 1 is 1.41 bits per heavy atom. The van der Waals surface area contributed by atoms with Crippen molar-refractivity contribution in [3.8, 4) is 0 Å². The fraction of sp³-hybridized carbons (Fsp3) is 0.538. The zero-order valence-corrected chi connectivity index (χ0v) is 12.4. The largest absolute Gasteiger partial charge is 0.313 e. The van der Waals surface area contributed by atoms with Crippen molar-refractivity contribution in [3.63, 3.8) is 0 Å². The quantitative estimate of drug-likeness (QED) is 0.925. The highest BCUT2D eigenvalue weighted by Gasteiger charge is 2.32. The van der Waals surface area contributed by atoms with E-state index in [0.717, 1.165) is 28.8 Å². The summed E-state index contributed by atoms with van der Waals surface area (Å²) in [5.41, 5.74) is 0. The van der Waals surface area contributed by atoms with E-state index in [0.29, 0.717) is 6.04 Å². The van der Waals surface area contributed by atoms with E-state index in [1.165, 1.54) is 6.42 Å². The maximum atomic E-state index is 12.6. The molecular formula is C13H18BrNOS. The van der Waals surface area contributed by atoms with Crippen LogP contribution in [0.15, 0.2) is 33.6 Å². The third-order valence-corrected chi connectivity index (χ3v) is 6.10. The minimum atomic E-state index is -0.911. The summed E-state index contributed by atoms with van der Waals surface area (Å²) < 4.78 is 13.6. The molecule has 1 fully saturated rings. The van der Waals surface area contributed by atoms with E-state index in [2.05, 4.69) is 28.2 Å². The van der Waals surface area contributed by atoms with Gasteiger partial charge < -0.3 is 5.32 Å². The summed E-state index contributed by atoms with van der Waals surface area (Å²) in [6.07, 6.45) is 3.39. The van der Waals surface area contributed by atoms with Crippen LogP contribution in [-0.4, -0.2) is 22.0 Å². The summed E-state index contributed by atoms with van der Waals surface area (Å²) in [7, 11) is -0.911. The van der Waals surface area contributed by atoms with Gasteiger partial charge in [-0.25, -0.2) is 0 Å². The first kappa shape index (κ1) is 13.2. The van der Waals surface area contributed by atoms with Crippen LogP contribution < -0.4 is 5.32 Å². The van der Waals surface area contributed by atoms with Gasteiger partial charge in [-0.15, -0.1) is 0 Å². The molecule has 3 atom stereocenters. The van der Waals surface area contributed by atoms with E-state index in [1.807, 2.05) is 24.3 Å². The van der Waals surface area contributed by atoms with Gasteiger partial charge in [0.15, 0.2) is 0 Å². The Balaban J connectivity index is 2.17. The number of benzene rings is 1. The van der Waals surface area contributed by atoms with Crippen molar-refractivity contribution < 1.29 is 4.21 Å². The van der Waals surface area contributed by atoms with Crippen LogP contribution >= 0.6 is 15.9 Å². The molecule has 1 aliphatic carbocycles. The van der Waals surface area contributed by atoms with E-state index in [4.69, 9.17) is 0 Å². The zero-order valence-electron chi connectivity index (χ0n) is 9.99. The molecule has 0 aromatic heterocycles. The van der Waals surface area contributed by atoms with Crippen molar-refractivity contribution >= 4 is 26.7 Å². The first-order valence-corrected chi connectivity index (χ1v) is 8.13. The molecule has 1 saturated carbocycles. The number of halogens is 1. The second-order valence-electron chi connectivity index (χ2n) is 4.36. The predicted molar refractivity (Wildman–Crippen MR) is 75.7 cm³/mol. The smallest absolute Gasteiger partial charge is 0.0588 e. The normalized spacial score (nSPS) is 26.0. The van der Waals surface area contributed by atoms with E-state index >= 15 is 0 Å². The van der Waals surface area contributed by atoms with Crippen LogP contribution in [0.5, 0.6) is 0 Å². The molecule has 0 radical (unpaired) electrons. The standard InChI is InChI=1S/C13H18BrNOS/c1-2-15-11-7-5-9-13(11)17(16)12-8-4-3-6-10(12)14/h3-4,6,8,11,13,15H,2,5,7,9H2,1H3. The highest BCUT2D eigenvalue weighted by Crippen LogP contribution is 2.30. The molecule has 2 nitrogen and oxygen atoms in total. The molecule has 0 spiro atoms. The monoisotopic (exact) mass is 315 g/mol. The van der Waals surface area contributed by atoms with Gasteiger partial charge in [0.05, 0.1) is 20.9 Å². The molecule has 2 rings (SSSR count). The van der Waals surface area contributed by atoms with Crippen LogP contribution in [0.4, 0.5) is 0 Å². The first-order valence-electron chi connectivity index (χ1n) is 6.12. The van der Waals surface area contributed by atoms with E-state index in [-0.39, 0.29) is 5.25 Å². The topological polar surface area (TPSA) is 29.1 Å². The zero-order chi connectivity index (χ0) is 12.3. The molecule has 0 amide bonds. The fourth-order valence-corrected chi connectivity index (χ4v) is 4.92. The summed E-state index contributed by atoms with van der Waals surface area (Å²) in [5.74, 6) is 0. The number of rotatable bonds is 4. The Hall–Kier alpha value is -0.190. The Morgan fingerprint density at radius 3 is 2.88 bits per heavy atom. The van der Waals surface area contributed by atoms with Gasteiger partial charge in [-0.1, -0.05) is 25.5 Å². The van der Waals surface area contributed by atoms with Crippen LogP contribution in [0.3, 0.4) is 0 Å². The minimum Gasteiger partial charge on any atom is -0.313 e. The highest BCUT2D eigenvalue weighted by molar-refractivity contribution is 9.10. The average Bonchev–Trinajstić information content (AvgIpc) is 2.78. The summed E-state index contributed by atoms with van der Waals surface area (Å²) in [4.78, 5) is 0.933. The van der Waals surface area contributed by atoms with E-state index < -0.39 is 10.8 Å². The lowest BCUT2D eigenvalue weighted by atomic mass is 10.2. The summed E-state index contributed by atoms with van der Waals surface area (Å²) in [5, 5.41) is 3.71. The summed E-state index contributed by atoms with van der Waals surface area (Å²) in [6, 6.07) is 8.25. The minimum absolute atomic E-state index is 0.258. The molecule has 1 aliphatic rings. The van der Waals surface area contributed by atoms with Crippen LogP contribution in [0.2, 0.25) is 0 Å². The van der Waals surface area contributed by atoms with Crippen molar-refractivity contribution in [2.24, 2.45) is 0 Å². The molecule has 1 N–H and O–H groups in total. The summed E-state index contributed by atoms with van der Waals surface area (Å²) >= 11 is 3.49. The maximum Gasteiger partial charge on any atom is 0.0588 e. The lowest BCUT2D eigenvalue weighted by Crippen LogP contribution is -2.38. The van der Waals surface area contributed by atoms with Gasteiger partial charge in [0.2, 0.25) is 0 Å². The molecule has 4 heteroatoms. The fourth-order valence-electron chi connectivity index (χ4n) is 2.45. The van der Waals surface area contributed by atoms with Crippen molar-refractivity contribution in [1.29, 1.82) is 0 Å². The molecule has 3 unspecified atom stereocenters. The van der Waals surface area contributed by atoms with Crippen molar-refractivity contribution in [1.82, 2.24) is 5.32 Å². The predicted octanol–water partition coefficient (Wildman–Crippen LogP) is 3.09. The van der Waals surface area contributed by atoms with Crippen LogP contribution in [0, 0.1) is 0 Å². The Morgan fingerprint density at radius 2 is 2.18 bits per heavy atom. The van der Waals surface area contributed by atoms with Crippen molar-refractivity contribution in [2.45, 2.75) is 42.4 Å². The van der Waals surface area contributed by atoms with Gasteiger partial charge in [0.25, 0.3) is 0 Å². The molecule has 0 saturated heterocycles. The van der Waals surface area contributed by atoms with E-state index in [9.17, 15) is 4.21 Å². The molecule has 1 aromatic rings.